The van der Waals surface area contributed by atoms with E-state index in [4.69, 9.17) is 0 Å². The molecule has 0 aliphatic carbocycles. The van der Waals surface area contributed by atoms with Crippen molar-refractivity contribution in [1.29, 1.82) is 0 Å². The zero-order chi connectivity index (χ0) is 20.4. The molecule has 3 aromatic heterocycles. The van der Waals surface area contributed by atoms with Gasteiger partial charge in [0, 0.05) is 57.7 Å². The van der Waals surface area contributed by atoms with Crippen molar-refractivity contribution in [3.8, 4) is 5.82 Å². The van der Waals surface area contributed by atoms with E-state index in [1.54, 1.807) is 0 Å². The van der Waals surface area contributed by atoms with E-state index in [1.807, 2.05) is 55.8 Å². The zero-order valence-electron chi connectivity index (χ0n) is 17.5. The van der Waals surface area contributed by atoms with Gasteiger partial charge in [-0.25, -0.2) is 9.67 Å². The molecule has 1 unspecified atom stereocenters. The maximum absolute atomic E-state index is 4.58. The second-order valence-electron chi connectivity index (χ2n) is 7.64. The molecule has 3 aromatic rings. The highest BCUT2D eigenvalue weighted by molar-refractivity contribution is 5.80. The van der Waals surface area contributed by atoms with Gasteiger partial charge in [-0.2, -0.15) is 10.2 Å². The van der Waals surface area contributed by atoms with Crippen LogP contribution in [0, 0.1) is 13.8 Å². The summed E-state index contributed by atoms with van der Waals surface area (Å²) in [5.74, 6) is 2.27. The van der Waals surface area contributed by atoms with Crippen molar-refractivity contribution in [3.63, 3.8) is 0 Å². The van der Waals surface area contributed by atoms with Crippen molar-refractivity contribution in [2.75, 3.05) is 20.1 Å². The Morgan fingerprint density at radius 3 is 2.76 bits per heavy atom. The molecule has 0 radical (unpaired) electrons. The molecule has 0 spiro atoms. The Morgan fingerprint density at radius 2 is 2.14 bits per heavy atom. The first-order valence-electron chi connectivity index (χ1n) is 9.96. The van der Waals surface area contributed by atoms with Gasteiger partial charge in [-0.1, -0.05) is 6.07 Å². The quantitative estimate of drug-likeness (QED) is 0.544. The van der Waals surface area contributed by atoms with Gasteiger partial charge in [-0.05, 0) is 43.5 Å². The van der Waals surface area contributed by atoms with Crippen molar-refractivity contribution >= 4 is 5.96 Å². The van der Waals surface area contributed by atoms with Gasteiger partial charge in [-0.15, -0.1) is 0 Å². The van der Waals surface area contributed by atoms with Gasteiger partial charge >= 0.3 is 0 Å². The van der Waals surface area contributed by atoms with Gasteiger partial charge in [0.25, 0.3) is 0 Å². The van der Waals surface area contributed by atoms with E-state index < -0.39 is 0 Å². The molecule has 0 saturated carbocycles. The Bertz CT molecular complexity index is 998. The van der Waals surface area contributed by atoms with Crippen molar-refractivity contribution in [3.05, 3.63) is 59.3 Å². The summed E-state index contributed by atoms with van der Waals surface area (Å²) < 4.78 is 3.74. The second-order valence-corrected chi connectivity index (χ2v) is 7.64. The predicted octanol–water partition coefficient (Wildman–Crippen LogP) is 2.18. The highest BCUT2D eigenvalue weighted by atomic mass is 15.3. The number of nitrogens with zero attached hydrogens (tertiary/aromatic N) is 7. The van der Waals surface area contributed by atoms with Crippen LogP contribution in [-0.4, -0.2) is 55.5 Å². The second kappa shape index (κ2) is 8.06. The maximum Gasteiger partial charge on any atom is 0.193 e. The molecule has 1 aliphatic heterocycles. The fraction of sp³-hybridized carbons (Fsp3) is 0.429. The molecule has 0 aromatic carbocycles. The number of aryl methyl sites for hydroxylation is 3. The molecular formula is C21H28N8. The Kier molecular flexibility index (Phi) is 5.33. The standard InChI is InChI=1S/C21H28N8/c1-15-9-16(2)29(26-15)20-6-5-17(10-23-20)11-24-21(22-3)28-8-7-18(14-28)19-12-25-27(4)13-19/h5-6,9-10,12-13,18H,7-8,11,14H2,1-4H3,(H,22,24). The third-order valence-electron chi connectivity index (χ3n) is 5.38. The van der Waals surface area contributed by atoms with E-state index in [1.165, 1.54) is 5.56 Å². The van der Waals surface area contributed by atoms with Crippen molar-refractivity contribution in [1.82, 2.24) is 34.8 Å². The van der Waals surface area contributed by atoms with Crippen LogP contribution in [0.2, 0.25) is 0 Å². The number of nitrogens with one attached hydrogen (secondary N) is 1. The normalized spacial score (nSPS) is 17.2. The summed E-state index contributed by atoms with van der Waals surface area (Å²) in [6.07, 6.45) is 7.10. The van der Waals surface area contributed by atoms with Gasteiger partial charge in [0.2, 0.25) is 0 Å². The minimum atomic E-state index is 0.504. The average molecular weight is 393 g/mol. The van der Waals surface area contributed by atoms with Crippen LogP contribution in [0.3, 0.4) is 0 Å². The van der Waals surface area contributed by atoms with Crippen LogP contribution in [0.15, 0.2) is 41.8 Å². The lowest BCUT2D eigenvalue weighted by atomic mass is 10.0. The number of hydrogen-bond acceptors (Lipinski definition) is 4. The Balaban J connectivity index is 1.36. The fourth-order valence-corrected chi connectivity index (χ4v) is 3.90. The van der Waals surface area contributed by atoms with Gasteiger partial charge in [-0.3, -0.25) is 9.67 Å². The summed E-state index contributed by atoms with van der Waals surface area (Å²) in [5, 5.41) is 12.3. The highest BCUT2D eigenvalue weighted by Crippen LogP contribution is 2.26. The third-order valence-corrected chi connectivity index (χ3v) is 5.38. The zero-order valence-corrected chi connectivity index (χ0v) is 17.5. The number of pyridine rings is 1. The lowest BCUT2D eigenvalue weighted by molar-refractivity contribution is 0.485. The van der Waals surface area contributed by atoms with Crippen molar-refractivity contribution < 1.29 is 0 Å². The maximum atomic E-state index is 4.58. The molecule has 8 heteroatoms. The number of rotatable bonds is 4. The average Bonchev–Trinajstić information content (AvgIpc) is 3.43. The first-order valence-corrected chi connectivity index (χ1v) is 9.96. The SMILES string of the molecule is CN=C(NCc1ccc(-n2nc(C)cc2C)nc1)N1CCC(c2cnn(C)c2)C1. The van der Waals surface area contributed by atoms with Crippen molar-refractivity contribution in [2.45, 2.75) is 32.7 Å². The highest BCUT2D eigenvalue weighted by Gasteiger charge is 2.26. The predicted molar refractivity (Wildman–Crippen MR) is 113 cm³/mol. The number of guanidine groups is 1. The molecule has 4 heterocycles. The van der Waals surface area contributed by atoms with Crippen molar-refractivity contribution in [2.24, 2.45) is 12.0 Å². The first kappa shape index (κ1) is 19.2. The summed E-state index contributed by atoms with van der Waals surface area (Å²) in [5.41, 5.74) is 4.49. The summed E-state index contributed by atoms with van der Waals surface area (Å²) in [6.45, 7) is 6.67. The van der Waals surface area contributed by atoms with E-state index in [-0.39, 0.29) is 0 Å². The fourth-order valence-electron chi connectivity index (χ4n) is 3.90. The number of likely N-dealkylation sites (tertiary alicyclic amines) is 1. The molecule has 8 nitrogen and oxygen atoms in total. The monoisotopic (exact) mass is 392 g/mol. The van der Waals surface area contributed by atoms with E-state index in [9.17, 15) is 0 Å². The van der Waals surface area contributed by atoms with Crippen LogP contribution in [0.5, 0.6) is 0 Å². The van der Waals surface area contributed by atoms with E-state index >= 15 is 0 Å². The first-order chi connectivity index (χ1) is 14.0. The molecule has 1 atom stereocenters. The molecule has 1 N–H and O–H groups in total. The molecule has 152 valence electrons. The molecule has 0 bridgehead atoms. The van der Waals surface area contributed by atoms with Crippen LogP contribution in [0.25, 0.3) is 5.82 Å². The molecule has 1 saturated heterocycles. The van der Waals surface area contributed by atoms with E-state index in [0.717, 1.165) is 48.2 Å². The topological polar surface area (TPSA) is 76.2 Å². The van der Waals surface area contributed by atoms with Crippen LogP contribution in [-0.2, 0) is 13.6 Å². The minimum Gasteiger partial charge on any atom is -0.352 e. The Labute approximate surface area is 171 Å². The minimum absolute atomic E-state index is 0.504. The molecule has 4 rings (SSSR count). The molecule has 29 heavy (non-hydrogen) atoms. The largest absolute Gasteiger partial charge is 0.352 e. The van der Waals surface area contributed by atoms with Crippen LogP contribution in [0.4, 0.5) is 0 Å². The van der Waals surface area contributed by atoms with E-state index in [0.29, 0.717) is 12.5 Å². The Morgan fingerprint density at radius 1 is 1.28 bits per heavy atom. The number of aliphatic imine (C=N–C) groups is 1. The van der Waals surface area contributed by atoms with Gasteiger partial charge in [0.05, 0.1) is 11.9 Å². The molecule has 0 amide bonds. The lowest BCUT2D eigenvalue weighted by Crippen LogP contribution is -2.39. The smallest absolute Gasteiger partial charge is 0.193 e. The van der Waals surface area contributed by atoms with Gasteiger partial charge in [0.15, 0.2) is 11.8 Å². The summed E-state index contributed by atoms with van der Waals surface area (Å²) in [6, 6.07) is 6.14. The number of hydrogen-bond donors (Lipinski definition) is 1. The summed E-state index contributed by atoms with van der Waals surface area (Å²) in [7, 11) is 3.80. The molecule has 1 fully saturated rings. The third kappa shape index (κ3) is 4.16. The van der Waals surface area contributed by atoms with Crippen LogP contribution in [0.1, 0.15) is 34.9 Å². The van der Waals surface area contributed by atoms with Gasteiger partial charge < -0.3 is 10.2 Å². The van der Waals surface area contributed by atoms with Crippen LogP contribution >= 0.6 is 0 Å². The number of aromatic nitrogens is 5. The molecule has 1 aliphatic rings. The van der Waals surface area contributed by atoms with Gasteiger partial charge in [0.1, 0.15) is 0 Å². The molecular weight excluding hydrogens is 364 g/mol. The summed E-state index contributed by atoms with van der Waals surface area (Å²) in [4.78, 5) is 11.4. The summed E-state index contributed by atoms with van der Waals surface area (Å²) >= 11 is 0. The Hall–Kier alpha value is -3.16. The van der Waals surface area contributed by atoms with E-state index in [2.05, 4.69) is 48.7 Å². The van der Waals surface area contributed by atoms with Crippen LogP contribution < -0.4 is 5.32 Å². The lowest BCUT2D eigenvalue weighted by Gasteiger charge is -2.21.